The molecule has 80 valence electrons. The molecule has 0 saturated carbocycles. The first-order valence-corrected chi connectivity index (χ1v) is 4.37. The SMILES string of the molecule is O=[N+]([O-])C(O)Cc1ccc2c(c1)OCO2. The van der Waals surface area contributed by atoms with Gasteiger partial charge in [-0.05, 0) is 17.7 Å². The van der Waals surface area contributed by atoms with E-state index in [4.69, 9.17) is 14.6 Å². The molecule has 1 unspecified atom stereocenters. The third-order valence-electron chi connectivity index (χ3n) is 2.10. The molecule has 1 atom stereocenters. The van der Waals surface area contributed by atoms with E-state index in [0.29, 0.717) is 17.1 Å². The second kappa shape index (κ2) is 3.74. The van der Waals surface area contributed by atoms with E-state index >= 15 is 0 Å². The fourth-order valence-corrected chi connectivity index (χ4v) is 1.35. The zero-order valence-electron chi connectivity index (χ0n) is 7.75. The molecule has 15 heavy (non-hydrogen) atoms. The lowest BCUT2D eigenvalue weighted by molar-refractivity contribution is -0.569. The van der Waals surface area contributed by atoms with Gasteiger partial charge < -0.3 is 14.6 Å². The summed E-state index contributed by atoms with van der Waals surface area (Å²) in [5.74, 6) is 1.18. The Kier molecular flexibility index (Phi) is 2.42. The van der Waals surface area contributed by atoms with Crippen LogP contribution in [-0.4, -0.2) is 23.1 Å². The van der Waals surface area contributed by atoms with Crippen molar-refractivity contribution >= 4 is 0 Å². The van der Waals surface area contributed by atoms with E-state index in [-0.39, 0.29) is 13.2 Å². The molecule has 1 heterocycles. The van der Waals surface area contributed by atoms with Crippen LogP contribution in [0.3, 0.4) is 0 Å². The van der Waals surface area contributed by atoms with Crippen LogP contribution in [0.25, 0.3) is 0 Å². The molecule has 1 aromatic carbocycles. The van der Waals surface area contributed by atoms with Gasteiger partial charge >= 0.3 is 6.23 Å². The van der Waals surface area contributed by atoms with Crippen molar-refractivity contribution in [2.45, 2.75) is 12.6 Å². The summed E-state index contributed by atoms with van der Waals surface area (Å²) < 4.78 is 10.2. The molecule has 6 nitrogen and oxygen atoms in total. The number of nitrogens with zero attached hydrogens (tertiary/aromatic N) is 1. The van der Waals surface area contributed by atoms with Crippen molar-refractivity contribution in [2.24, 2.45) is 0 Å². The molecule has 1 aliphatic heterocycles. The molecule has 0 aliphatic carbocycles. The van der Waals surface area contributed by atoms with Gasteiger partial charge in [0.05, 0.1) is 11.3 Å². The van der Waals surface area contributed by atoms with Gasteiger partial charge in [0, 0.05) is 0 Å². The minimum Gasteiger partial charge on any atom is -0.454 e. The number of benzene rings is 1. The molecular formula is C9H9NO5. The topological polar surface area (TPSA) is 81.8 Å². The number of ether oxygens (including phenoxy) is 2. The Morgan fingerprint density at radius 2 is 2.20 bits per heavy atom. The molecule has 0 radical (unpaired) electrons. The molecule has 1 N–H and O–H groups in total. The smallest absolute Gasteiger partial charge is 0.317 e. The number of aliphatic hydroxyl groups is 1. The zero-order valence-corrected chi connectivity index (χ0v) is 7.75. The van der Waals surface area contributed by atoms with Crippen molar-refractivity contribution in [3.8, 4) is 11.5 Å². The maximum absolute atomic E-state index is 10.2. The van der Waals surface area contributed by atoms with Gasteiger partial charge in [-0.1, -0.05) is 6.07 Å². The molecule has 0 spiro atoms. The van der Waals surface area contributed by atoms with E-state index in [2.05, 4.69) is 0 Å². The zero-order chi connectivity index (χ0) is 10.8. The van der Waals surface area contributed by atoms with E-state index in [1.807, 2.05) is 0 Å². The van der Waals surface area contributed by atoms with Crippen LogP contribution in [0.2, 0.25) is 0 Å². The first-order chi connectivity index (χ1) is 7.16. The monoisotopic (exact) mass is 211 g/mol. The van der Waals surface area contributed by atoms with Gasteiger partial charge in [0.1, 0.15) is 0 Å². The highest BCUT2D eigenvalue weighted by molar-refractivity contribution is 5.44. The van der Waals surface area contributed by atoms with Crippen LogP contribution in [0.5, 0.6) is 11.5 Å². The summed E-state index contributed by atoms with van der Waals surface area (Å²) in [6.45, 7) is 0.163. The van der Waals surface area contributed by atoms with Crippen molar-refractivity contribution in [3.05, 3.63) is 33.9 Å². The highest BCUT2D eigenvalue weighted by atomic mass is 16.7. The van der Waals surface area contributed by atoms with Crippen LogP contribution in [0.1, 0.15) is 5.56 Å². The number of hydrogen-bond acceptors (Lipinski definition) is 5. The molecule has 0 aromatic heterocycles. The van der Waals surface area contributed by atoms with Gasteiger partial charge in [-0.25, -0.2) is 0 Å². The minimum absolute atomic E-state index is 0.0381. The fourth-order valence-electron chi connectivity index (χ4n) is 1.35. The van der Waals surface area contributed by atoms with Crippen LogP contribution in [0.4, 0.5) is 0 Å². The molecule has 0 saturated heterocycles. The lowest BCUT2D eigenvalue weighted by Gasteiger charge is -2.03. The summed E-state index contributed by atoms with van der Waals surface area (Å²) in [7, 11) is 0. The number of rotatable bonds is 3. The summed E-state index contributed by atoms with van der Waals surface area (Å²) in [5, 5.41) is 19.3. The Labute approximate surface area is 85.2 Å². The van der Waals surface area contributed by atoms with Crippen molar-refractivity contribution in [1.82, 2.24) is 0 Å². The Morgan fingerprint density at radius 1 is 1.47 bits per heavy atom. The highest BCUT2D eigenvalue weighted by Gasteiger charge is 2.19. The maximum atomic E-state index is 10.2. The molecule has 1 aliphatic rings. The van der Waals surface area contributed by atoms with Crippen LogP contribution in [0, 0.1) is 10.1 Å². The van der Waals surface area contributed by atoms with Crippen LogP contribution in [0.15, 0.2) is 18.2 Å². The van der Waals surface area contributed by atoms with Crippen LogP contribution in [-0.2, 0) is 6.42 Å². The summed E-state index contributed by atoms with van der Waals surface area (Å²) in [5.41, 5.74) is 0.642. The Hall–Kier alpha value is -1.82. The molecule has 0 fully saturated rings. The van der Waals surface area contributed by atoms with Gasteiger partial charge in [0.2, 0.25) is 6.79 Å². The lowest BCUT2D eigenvalue weighted by atomic mass is 10.1. The van der Waals surface area contributed by atoms with Crippen molar-refractivity contribution in [1.29, 1.82) is 0 Å². The third-order valence-corrected chi connectivity index (χ3v) is 2.10. The first-order valence-electron chi connectivity index (χ1n) is 4.37. The van der Waals surface area contributed by atoms with E-state index in [9.17, 15) is 10.1 Å². The van der Waals surface area contributed by atoms with Gasteiger partial charge in [-0.15, -0.1) is 0 Å². The quantitative estimate of drug-likeness (QED) is 0.448. The Balaban J connectivity index is 2.13. The molecular weight excluding hydrogens is 202 g/mol. The molecule has 0 bridgehead atoms. The highest BCUT2D eigenvalue weighted by Crippen LogP contribution is 2.32. The molecule has 6 heteroatoms. The number of hydrogen-bond donors (Lipinski definition) is 1. The normalized spacial score (nSPS) is 15.0. The average molecular weight is 211 g/mol. The van der Waals surface area contributed by atoms with E-state index in [1.165, 1.54) is 0 Å². The van der Waals surface area contributed by atoms with Gasteiger partial charge in [-0.3, -0.25) is 10.1 Å². The summed E-state index contributed by atoms with van der Waals surface area (Å²) in [4.78, 5) is 9.51. The van der Waals surface area contributed by atoms with Crippen LogP contribution < -0.4 is 9.47 Å². The second-order valence-corrected chi connectivity index (χ2v) is 3.16. The number of nitro groups is 1. The Morgan fingerprint density at radius 3 is 2.93 bits per heavy atom. The number of aliphatic hydroxyl groups excluding tert-OH is 1. The molecule has 0 amide bonds. The third kappa shape index (κ3) is 1.99. The Bertz CT molecular complexity index is 392. The van der Waals surface area contributed by atoms with E-state index in [1.54, 1.807) is 18.2 Å². The molecule has 1 aromatic rings. The number of fused-ring (bicyclic) bond motifs is 1. The van der Waals surface area contributed by atoms with E-state index in [0.717, 1.165) is 0 Å². The standard InChI is InChI=1S/C9H9NO5/c11-9(10(12)13)4-6-1-2-7-8(3-6)15-5-14-7/h1-3,9,11H,4-5H2. The van der Waals surface area contributed by atoms with Gasteiger partial charge in [-0.2, -0.15) is 0 Å². The van der Waals surface area contributed by atoms with Crippen LogP contribution >= 0.6 is 0 Å². The van der Waals surface area contributed by atoms with E-state index < -0.39 is 11.2 Å². The molecule has 2 rings (SSSR count). The maximum Gasteiger partial charge on any atom is 0.317 e. The average Bonchev–Trinajstić information content (AvgIpc) is 2.64. The minimum atomic E-state index is -1.58. The summed E-state index contributed by atoms with van der Waals surface area (Å²) in [6, 6.07) is 4.97. The largest absolute Gasteiger partial charge is 0.454 e. The fraction of sp³-hybridized carbons (Fsp3) is 0.333. The van der Waals surface area contributed by atoms with Crippen molar-refractivity contribution in [3.63, 3.8) is 0 Å². The van der Waals surface area contributed by atoms with Gasteiger partial charge in [0.15, 0.2) is 11.5 Å². The van der Waals surface area contributed by atoms with Crippen molar-refractivity contribution < 1.29 is 19.5 Å². The summed E-state index contributed by atoms with van der Waals surface area (Å²) >= 11 is 0. The van der Waals surface area contributed by atoms with Crippen molar-refractivity contribution in [2.75, 3.05) is 6.79 Å². The van der Waals surface area contributed by atoms with Gasteiger partial charge in [0.25, 0.3) is 0 Å². The second-order valence-electron chi connectivity index (χ2n) is 3.16. The predicted molar refractivity (Wildman–Crippen MR) is 49.3 cm³/mol. The lowest BCUT2D eigenvalue weighted by Crippen LogP contribution is -2.21. The first kappa shape index (κ1) is 9.72. The predicted octanol–water partition coefficient (Wildman–Crippen LogP) is 0.553. The summed E-state index contributed by atoms with van der Waals surface area (Å²) in [6.07, 6.45) is -1.62.